The van der Waals surface area contributed by atoms with Gasteiger partial charge in [0, 0.05) is 28.1 Å². The summed E-state index contributed by atoms with van der Waals surface area (Å²) in [5.74, 6) is 0. The van der Waals surface area contributed by atoms with Crippen molar-refractivity contribution >= 4 is 136 Å². The lowest BCUT2D eigenvalue weighted by Gasteiger charge is -2.40. The zero-order valence-electron chi connectivity index (χ0n) is 43.1. The van der Waals surface area contributed by atoms with Gasteiger partial charge in [0.05, 0.1) is 34.1 Å². The van der Waals surface area contributed by atoms with E-state index in [4.69, 9.17) is 30.3 Å². The van der Waals surface area contributed by atoms with Crippen molar-refractivity contribution < 1.29 is 0 Å². The smallest absolute Gasteiger partial charge is 0.224 e. The van der Waals surface area contributed by atoms with Gasteiger partial charge < -0.3 is 4.90 Å². The predicted molar refractivity (Wildman–Crippen MR) is 350 cm³/mol. The molecule has 0 atom stereocenters. The minimum absolute atomic E-state index is 0.503. The van der Waals surface area contributed by atoms with Crippen molar-refractivity contribution in [2.24, 2.45) is 30.3 Å². The third-order valence-corrected chi connectivity index (χ3v) is 28.1. The minimum atomic E-state index is -3.12. The maximum absolute atomic E-state index is 5.88. The molecule has 3 aliphatic rings. The van der Waals surface area contributed by atoms with Gasteiger partial charge in [0.25, 0.3) is 0 Å². The van der Waals surface area contributed by atoms with Gasteiger partial charge in [0.1, 0.15) is 55.7 Å². The molecule has 0 fully saturated rings. The van der Waals surface area contributed by atoms with Crippen LogP contribution in [0.25, 0.3) is 0 Å². The summed E-state index contributed by atoms with van der Waals surface area (Å²) in [7, 11) is -9.36. The summed E-state index contributed by atoms with van der Waals surface area (Å²) in [5.41, 5.74) is 15.5. The van der Waals surface area contributed by atoms with E-state index in [9.17, 15) is 0 Å². The van der Waals surface area contributed by atoms with Crippen LogP contribution in [0.2, 0.25) is 0 Å². The van der Waals surface area contributed by atoms with Crippen molar-refractivity contribution in [1.82, 2.24) is 0 Å². The molecule has 0 unspecified atom stereocenters. The molecule has 392 valence electrons. The molecule has 3 aliphatic heterocycles. The van der Waals surface area contributed by atoms with E-state index in [1.807, 2.05) is 36.4 Å². The molecule has 10 aromatic carbocycles. The summed E-state index contributed by atoms with van der Waals surface area (Å²) in [6.07, 6.45) is 1.51. The molecule has 0 saturated carbocycles. The third kappa shape index (κ3) is 10.6. The molecule has 3 N–H and O–H groups in total. The van der Waals surface area contributed by atoms with Gasteiger partial charge in [0.2, 0.25) is 22.2 Å². The molecule has 10 nitrogen and oxygen atoms in total. The number of benzene rings is 10. The molecule has 0 aromatic heterocycles. The van der Waals surface area contributed by atoms with Crippen LogP contribution in [0.4, 0.5) is 34.1 Å². The second-order valence-corrected chi connectivity index (χ2v) is 31.4. The normalized spacial score (nSPS) is 17.3. The van der Waals surface area contributed by atoms with E-state index in [-0.39, 0.29) is 0 Å². The molecular formula is C64H53Br3N10P3+3. The van der Waals surface area contributed by atoms with Gasteiger partial charge in [-0.3, -0.25) is 16.3 Å². The largest absolute Gasteiger partial charge is 0.307 e. The molecule has 0 spiro atoms. The Bertz CT molecular complexity index is 3370. The predicted octanol–water partition coefficient (Wildman–Crippen LogP) is 17.5. The first-order valence-corrected chi connectivity index (χ1v) is 34.2. The van der Waals surface area contributed by atoms with E-state index in [0.717, 1.165) is 84.9 Å². The molecule has 80 heavy (non-hydrogen) atoms. The maximum atomic E-state index is 5.88. The first kappa shape index (κ1) is 53.6. The Hall–Kier alpha value is -7.07. The van der Waals surface area contributed by atoms with Crippen LogP contribution in [0.3, 0.4) is 0 Å². The van der Waals surface area contributed by atoms with Crippen molar-refractivity contribution in [1.29, 1.82) is 0 Å². The number of rotatable bonds is 7. The molecule has 0 saturated heterocycles. The lowest BCUT2D eigenvalue weighted by Crippen LogP contribution is -2.48. The van der Waals surface area contributed by atoms with E-state index in [2.05, 4.69) is 299 Å². The number of nitrogens with one attached hydrogen (secondary N) is 3. The lowest BCUT2D eigenvalue weighted by atomic mass is 9.86. The van der Waals surface area contributed by atoms with Gasteiger partial charge in [-0.25, -0.2) is 0 Å². The van der Waals surface area contributed by atoms with E-state index >= 15 is 0 Å². The van der Waals surface area contributed by atoms with Gasteiger partial charge in [-0.2, -0.15) is 0 Å². The summed E-state index contributed by atoms with van der Waals surface area (Å²) < 4.78 is 2.51. The Morgan fingerprint density at radius 1 is 0.312 bits per heavy atom. The SMILES string of the molecule is Brc1ccc2cc1N1c3cc(ccc3Br)N/N=N/[P+](c3ccccc3)(c3ccccc3)CC(c3ccccc3)(C[P+](c3ccccc3)(c3ccccc3)/N=N\N2)C[P+](c2ccccc2)(c2ccccc2)/N=N/Nc2ccc(Br)c1c2. The number of fused-ring (bicyclic) bond motifs is 9. The molecule has 13 rings (SSSR count). The van der Waals surface area contributed by atoms with Crippen LogP contribution in [0.1, 0.15) is 5.56 Å². The summed E-state index contributed by atoms with van der Waals surface area (Å²) in [5, 5.41) is 22.2. The minimum Gasteiger partial charge on any atom is -0.307 e. The van der Waals surface area contributed by atoms with Crippen LogP contribution in [-0.2, 0) is 5.41 Å². The molecule has 10 aromatic rings. The Labute approximate surface area is 493 Å². The highest BCUT2D eigenvalue weighted by Gasteiger charge is 2.65. The maximum Gasteiger partial charge on any atom is 0.224 e. The molecular weight excluding hydrogens is 1240 g/mol. The Balaban J connectivity index is 1.30. The molecule has 3 heterocycles. The number of nitrogens with zero attached hydrogens (tertiary/aromatic N) is 7. The highest BCUT2D eigenvalue weighted by molar-refractivity contribution is 9.11. The molecule has 0 aliphatic carbocycles. The number of hydrogen-bond acceptors (Lipinski definition) is 10. The summed E-state index contributed by atoms with van der Waals surface area (Å²) in [6, 6.07) is 94.4. The van der Waals surface area contributed by atoms with Gasteiger partial charge in [-0.15, -0.1) is 0 Å². The van der Waals surface area contributed by atoms with Gasteiger partial charge in [-0.05, 0) is 196 Å². The average Bonchev–Trinajstić information content (AvgIpc) is 3.16. The van der Waals surface area contributed by atoms with Crippen LogP contribution < -0.4 is 53.0 Å². The van der Waals surface area contributed by atoms with Crippen molar-refractivity contribution in [3.05, 3.63) is 286 Å². The van der Waals surface area contributed by atoms with Gasteiger partial charge >= 0.3 is 0 Å². The summed E-state index contributed by atoms with van der Waals surface area (Å²) >= 11 is 12.0. The van der Waals surface area contributed by atoms with Crippen molar-refractivity contribution in [2.75, 3.05) is 39.7 Å². The first-order valence-electron chi connectivity index (χ1n) is 26.0. The summed E-state index contributed by atoms with van der Waals surface area (Å²) in [4.78, 5) is 19.8. The standard InChI is InChI=1S/C64H53Br3N10P3/c65-58-39-36-49-42-61(58)77-62-43-50(37-40-59(62)66)69-72-75-79(54-28-14-4-15-29-54,55-30-16-5-17-31-55)46-64(48-22-8-1-9-23-48,45-78(74-71-68-49,52-24-10-2-11-25-52)53-26-12-3-13-27-53)47-80(56-32-18-6-19-33-56,57-34-20-7-21-35-57)76-73-70-51-38-41-60(67)63(77)44-51/h1-44H,45-47H2,(H,68,74)(H,69,75)(H,70,76)/q+3. The average molecular weight is 1290 g/mol. The zero-order chi connectivity index (χ0) is 54.4. The van der Waals surface area contributed by atoms with Gasteiger partial charge in [0.15, 0.2) is 0 Å². The summed E-state index contributed by atoms with van der Waals surface area (Å²) in [6.45, 7) is 0. The lowest BCUT2D eigenvalue weighted by molar-refractivity contribution is 0.609. The highest BCUT2D eigenvalue weighted by Crippen LogP contribution is 2.72. The van der Waals surface area contributed by atoms with E-state index in [1.54, 1.807) is 0 Å². The fourth-order valence-electron chi connectivity index (χ4n) is 11.1. The Morgan fingerprint density at radius 2 is 0.550 bits per heavy atom. The Morgan fingerprint density at radius 3 is 0.800 bits per heavy atom. The van der Waals surface area contributed by atoms with Crippen LogP contribution in [0.15, 0.2) is 311 Å². The molecule has 0 radical (unpaired) electrons. The molecule has 8 bridgehead atoms. The van der Waals surface area contributed by atoms with Crippen molar-refractivity contribution in [3.8, 4) is 0 Å². The van der Waals surface area contributed by atoms with Crippen LogP contribution in [0, 0.1) is 0 Å². The van der Waals surface area contributed by atoms with Crippen LogP contribution in [-0.4, -0.2) is 18.5 Å². The quantitative estimate of drug-likeness (QED) is 0.138. The zero-order valence-corrected chi connectivity index (χ0v) is 50.6. The topological polar surface area (TPSA) is 113 Å². The van der Waals surface area contributed by atoms with Crippen molar-refractivity contribution in [3.63, 3.8) is 0 Å². The van der Waals surface area contributed by atoms with Crippen LogP contribution >= 0.6 is 70.0 Å². The molecule has 0 amide bonds. The highest BCUT2D eigenvalue weighted by atomic mass is 79.9. The monoisotopic (exact) mass is 1290 g/mol. The third-order valence-electron chi connectivity index (χ3n) is 14.8. The fraction of sp³-hybridized carbons (Fsp3) is 0.0625. The molecule has 16 heteroatoms. The first-order chi connectivity index (χ1) is 39.3. The van der Waals surface area contributed by atoms with E-state index in [0.29, 0.717) is 18.5 Å². The van der Waals surface area contributed by atoms with Crippen molar-refractivity contribution in [2.45, 2.75) is 5.41 Å². The Kier molecular flexibility index (Phi) is 15.8. The van der Waals surface area contributed by atoms with Gasteiger partial charge in [-0.1, -0.05) is 140 Å². The number of halogens is 3. The second-order valence-electron chi connectivity index (χ2n) is 19.7. The van der Waals surface area contributed by atoms with E-state index < -0.39 is 27.7 Å². The number of anilines is 6. The number of hydrogen-bond donors (Lipinski definition) is 3. The van der Waals surface area contributed by atoms with E-state index in [1.165, 1.54) is 0 Å². The second kappa shape index (κ2) is 23.6. The van der Waals surface area contributed by atoms with Crippen LogP contribution in [0.5, 0.6) is 0 Å². The fourth-order valence-corrected chi connectivity index (χ4v) is 24.1.